The SMILES string of the molecule is NC(=O)c1ccc(C(=O)Nc2ccc3sc(C(=O)O)cc3c2)s1. The molecule has 3 rings (SSSR count). The summed E-state index contributed by atoms with van der Waals surface area (Å²) in [7, 11) is 0. The second-order valence-electron chi connectivity index (χ2n) is 4.65. The van der Waals surface area contributed by atoms with E-state index in [2.05, 4.69) is 5.32 Å². The first-order valence-corrected chi connectivity index (χ1v) is 8.05. The molecule has 23 heavy (non-hydrogen) atoms. The highest BCUT2D eigenvalue weighted by molar-refractivity contribution is 7.20. The summed E-state index contributed by atoms with van der Waals surface area (Å²) < 4.78 is 0.826. The van der Waals surface area contributed by atoms with Crippen molar-refractivity contribution < 1.29 is 19.5 Å². The van der Waals surface area contributed by atoms with Gasteiger partial charge in [-0.05, 0) is 41.8 Å². The van der Waals surface area contributed by atoms with Gasteiger partial charge in [0.15, 0.2) is 0 Å². The second kappa shape index (κ2) is 5.82. The van der Waals surface area contributed by atoms with Crippen LogP contribution in [0.5, 0.6) is 0 Å². The van der Waals surface area contributed by atoms with Crippen LogP contribution in [0.3, 0.4) is 0 Å². The molecule has 0 aliphatic rings. The van der Waals surface area contributed by atoms with E-state index in [1.807, 2.05) is 0 Å². The van der Waals surface area contributed by atoms with Crippen LogP contribution in [0.4, 0.5) is 5.69 Å². The number of amides is 2. The van der Waals surface area contributed by atoms with Crippen LogP contribution < -0.4 is 11.1 Å². The summed E-state index contributed by atoms with van der Waals surface area (Å²) in [5.41, 5.74) is 5.71. The number of nitrogens with two attached hydrogens (primary N) is 1. The second-order valence-corrected chi connectivity index (χ2v) is 6.82. The van der Waals surface area contributed by atoms with Crippen molar-refractivity contribution >= 4 is 56.2 Å². The minimum atomic E-state index is -0.977. The number of benzene rings is 1. The van der Waals surface area contributed by atoms with Gasteiger partial charge in [0.1, 0.15) is 4.88 Å². The van der Waals surface area contributed by atoms with Gasteiger partial charge in [-0.3, -0.25) is 9.59 Å². The zero-order valence-corrected chi connectivity index (χ0v) is 13.2. The Hall–Kier alpha value is -2.71. The van der Waals surface area contributed by atoms with Gasteiger partial charge >= 0.3 is 5.97 Å². The molecule has 0 saturated heterocycles. The zero-order chi connectivity index (χ0) is 16.6. The molecule has 0 saturated carbocycles. The minimum Gasteiger partial charge on any atom is -0.477 e. The number of carboxylic acid groups (broad SMARTS) is 1. The highest BCUT2D eigenvalue weighted by Gasteiger charge is 2.13. The molecule has 6 nitrogen and oxygen atoms in total. The number of primary amides is 1. The van der Waals surface area contributed by atoms with E-state index in [9.17, 15) is 14.4 Å². The van der Waals surface area contributed by atoms with Gasteiger partial charge in [0.05, 0.1) is 9.75 Å². The third-order valence-corrected chi connectivity index (χ3v) is 5.26. The van der Waals surface area contributed by atoms with Crippen LogP contribution in [0, 0.1) is 0 Å². The van der Waals surface area contributed by atoms with Gasteiger partial charge in [0, 0.05) is 10.4 Å². The fraction of sp³-hybridized carbons (Fsp3) is 0. The molecule has 0 unspecified atom stereocenters. The summed E-state index contributed by atoms with van der Waals surface area (Å²) in [6.45, 7) is 0. The first kappa shape index (κ1) is 15.2. The highest BCUT2D eigenvalue weighted by atomic mass is 32.1. The van der Waals surface area contributed by atoms with Crippen molar-refractivity contribution in [1.29, 1.82) is 0 Å². The van der Waals surface area contributed by atoms with Crippen LogP contribution in [0.1, 0.15) is 29.0 Å². The Kier molecular flexibility index (Phi) is 3.85. The van der Waals surface area contributed by atoms with Gasteiger partial charge < -0.3 is 16.2 Å². The molecule has 8 heteroatoms. The van der Waals surface area contributed by atoms with Crippen LogP contribution in [-0.2, 0) is 0 Å². The third-order valence-electron chi connectivity index (χ3n) is 3.06. The van der Waals surface area contributed by atoms with Crippen LogP contribution in [-0.4, -0.2) is 22.9 Å². The number of carbonyl (C=O) groups excluding carboxylic acids is 2. The number of aromatic carboxylic acids is 1. The summed E-state index contributed by atoms with van der Waals surface area (Å²) in [4.78, 5) is 35.1. The number of carboxylic acids is 1. The smallest absolute Gasteiger partial charge is 0.345 e. The predicted octanol–water partition coefficient (Wildman–Crippen LogP) is 3.01. The quantitative estimate of drug-likeness (QED) is 0.674. The Morgan fingerprint density at radius 3 is 2.35 bits per heavy atom. The van der Waals surface area contributed by atoms with E-state index < -0.39 is 11.9 Å². The zero-order valence-electron chi connectivity index (χ0n) is 11.5. The number of fused-ring (bicyclic) bond motifs is 1. The van der Waals surface area contributed by atoms with Crippen molar-refractivity contribution in [3.63, 3.8) is 0 Å². The lowest BCUT2D eigenvalue weighted by Gasteiger charge is -2.03. The van der Waals surface area contributed by atoms with E-state index >= 15 is 0 Å². The van der Waals surface area contributed by atoms with Crippen molar-refractivity contribution in [1.82, 2.24) is 0 Å². The van der Waals surface area contributed by atoms with E-state index in [0.717, 1.165) is 21.4 Å². The normalized spacial score (nSPS) is 10.6. The van der Waals surface area contributed by atoms with Gasteiger partial charge in [-0.2, -0.15) is 0 Å². The molecule has 0 atom stereocenters. The Balaban J connectivity index is 1.83. The third kappa shape index (κ3) is 3.08. The maximum Gasteiger partial charge on any atom is 0.345 e. The maximum absolute atomic E-state index is 12.2. The lowest BCUT2D eigenvalue weighted by molar-refractivity contribution is 0.0701. The molecule has 0 bridgehead atoms. The van der Waals surface area contributed by atoms with Gasteiger partial charge in [0.2, 0.25) is 0 Å². The molecule has 3 aromatic rings. The fourth-order valence-corrected chi connectivity index (χ4v) is 3.65. The van der Waals surface area contributed by atoms with Crippen molar-refractivity contribution in [3.05, 3.63) is 51.0 Å². The average molecular weight is 346 g/mol. The summed E-state index contributed by atoms with van der Waals surface area (Å²) >= 11 is 2.19. The van der Waals surface area contributed by atoms with E-state index in [1.165, 1.54) is 23.5 Å². The Morgan fingerprint density at radius 2 is 1.70 bits per heavy atom. The predicted molar refractivity (Wildman–Crippen MR) is 89.6 cm³/mol. The van der Waals surface area contributed by atoms with Crippen LogP contribution in [0.2, 0.25) is 0 Å². The molecule has 0 aliphatic carbocycles. The molecule has 0 aliphatic heterocycles. The van der Waals surface area contributed by atoms with Crippen LogP contribution in [0.15, 0.2) is 36.4 Å². The van der Waals surface area contributed by atoms with Crippen molar-refractivity contribution in [2.24, 2.45) is 5.73 Å². The topological polar surface area (TPSA) is 109 Å². The molecule has 116 valence electrons. The number of thiophene rings is 2. The molecule has 2 aromatic heterocycles. The maximum atomic E-state index is 12.2. The highest BCUT2D eigenvalue weighted by Crippen LogP contribution is 2.28. The molecular formula is C15H10N2O4S2. The summed E-state index contributed by atoms with van der Waals surface area (Å²) in [6, 6.07) is 9.76. The summed E-state index contributed by atoms with van der Waals surface area (Å²) in [5, 5.41) is 12.5. The number of carbonyl (C=O) groups is 3. The number of hydrogen-bond acceptors (Lipinski definition) is 5. The standard InChI is InChI=1S/C15H10N2O4S2/c16-13(18)10-3-4-11(23-10)14(19)17-8-1-2-9-7(5-8)6-12(22-9)15(20)21/h1-6H,(H2,16,18)(H,17,19)(H,20,21). The monoisotopic (exact) mass is 346 g/mol. The van der Waals surface area contributed by atoms with Gasteiger partial charge in [-0.1, -0.05) is 0 Å². The molecule has 0 radical (unpaired) electrons. The largest absolute Gasteiger partial charge is 0.477 e. The van der Waals surface area contributed by atoms with E-state index in [4.69, 9.17) is 10.8 Å². The molecular weight excluding hydrogens is 336 g/mol. The molecule has 1 aromatic carbocycles. The first-order chi connectivity index (χ1) is 10.9. The van der Waals surface area contributed by atoms with Crippen molar-refractivity contribution in [2.75, 3.05) is 5.32 Å². The number of anilines is 1. The van der Waals surface area contributed by atoms with E-state index in [-0.39, 0.29) is 10.8 Å². The molecule has 0 spiro atoms. The lowest BCUT2D eigenvalue weighted by Crippen LogP contribution is -2.10. The Labute approximate surface area is 138 Å². The average Bonchev–Trinajstić information content (AvgIpc) is 3.13. The number of nitrogens with one attached hydrogen (secondary N) is 1. The Morgan fingerprint density at radius 1 is 0.957 bits per heavy atom. The lowest BCUT2D eigenvalue weighted by atomic mass is 10.2. The van der Waals surface area contributed by atoms with Crippen molar-refractivity contribution in [2.45, 2.75) is 0 Å². The van der Waals surface area contributed by atoms with E-state index in [1.54, 1.807) is 24.3 Å². The molecule has 4 N–H and O–H groups in total. The minimum absolute atomic E-state index is 0.243. The Bertz CT molecular complexity index is 942. The van der Waals surface area contributed by atoms with Gasteiger partial charge in [-0.25, -0.2) is 4.79 Å². The van der Waals surface area contributed by atoms with E-state index in [0.29, 0.717) is 15.4 Å². The van der Waals surface area contributed by atoms with Gasteiger partial charge in [0.25, 0.3) is 11.8 Å². The number of rotatable bonds is 4. The first-order valence-electron chi connectivity index (χ1n) is 6.42. The van der Waals surface area contributed by atoms with Gasteiger partial charge in [-0.15, -0.1) is 22.7 Å². The van der Waals surface area contributed by atoms with Crippen LogP contribution in [0.25, 0.3) is 10.1 Å². The van der Waals surface area contributed by atoms with Crippen molar-refractivity contribution in [3.8, 4) is 0 Å². The summed E-state index contributed by atoms with van der Waals surface area (Å²) in [5.74, 6) is -1.90. The molecule has 2 amide bonds. The number of hydrogen-bond donors (Lipinski definition) is 3. The van der Waals surface area contributed by atoms with Crippen LogP contribution >= 0.6 is 22.7 Å². The molecule has 0 fully saturated rings. The molecule has 2 heterocycles. The summed E-state index contributed by atoms with van der Waals surface area (Å²) in [6.07, 6.45) is 0. The fourth-order valence-electron chi connectivity index (χ4n) is 2.01.